The maximum Gasteiger partial charge on any atom is 0.496 e. The van der Waals surface area contributed by atoms with Gasteiger partial charge in [0.15, 0.2) is 34.9 Å². The van der Waals surface area contributed by atoms with Crippen LogP contribution in [-0.4, -0.2) is 48.2 Å². The molecule has 1 saturated heterocycles. The van der Waals surface area contributed by atoms with Crippen molar-refractivity contribution in [3.8, 4) is 124 Å². The van der Waals surface area contributed by atoms with E-state index in [0.29, 0.717) is 40.0 Å². The van der Waals surface area contributed by atoms with Crippen molar-refractivity contribution < 1.29 is 9.31 Å². The largest absolute Gasteiger partial charge is 0.496 e. The summed E-state index contributed by atoms with van der Waals surface area (Å²) < 4.78 is 18.1. The quantitative estimate of drug-likeness (QED) is 0.125. The minimum atomic E-state index is -0.371. The van der Waals surface area contributed by atoms with Gasteiger partial charge in [0.25, 0.3) is 0 Å². The second kappa shape index (κ2) is 29.7. The average Bonchev–Trinajstić information content (AvgIpc) is 1.58. The summed E-state index contributed by atoms with van der Waals surface area (Å²) >= 11 is 9.88. The van der Waals surface area contributed by atoms with E-state index < -0.39 is 0 Å². The number of hydrogen-bond acceptors (Lipinski definition) is 10. The maximum absolute atomic E-state index is 6.46. The standard InChI is InChI=1S/C48H33N3S.C33H31BO2S.C21H14ClN3.CH4/c1-48(2)41-25-10-9-20-37(41)38-27-26-33(29-42(38)48)36-22-13-24-40-39-23-12-21-35(43(39)52-44(36)40)32-18-11-19-34(28-32)47-50-45(30-14-5-3-6-15-30)49-46(51-47)31-16-7-4-8-17-31;1-31(2)26-15-8-7-11-22(26)23-18-17-20(19-27(23)31)21-12-9-13-24-25-14-10-16-28(30(25)37-29(21)24)34-35-32(3,4)33(5,6)36-34;22-18-13-7-12-17(14-18)21-24-19(15-8-3-1-4-9-15)23-20(25-21)16-10-5-2-6-11-16;/h3-29H,1-2H3;7-19H,1-6H3;1-14H;1H4. The normalized spacial score (nSPS) is 14.3. The number of aromatic nitrogens is 6. The Morgan fingerprint density at radius 1 is 0.252 bits per heavy atom. The van der Waals surface area contributed by atoms with Gasteiger partial charge >= 0.3 is 7.12 Å². The molecular weight excluding hydrogens is 1460 g/mol. The summed E-state index contributed by atoms with van der Waals surface area (Å²) in [5.74, 6) is 3.87. The number of halogens is 1. The van der Waals surface area contributed by atoms with Crippen LogP contribution in [-0.2, 0) is 20.1 Å². The van der Waals surface area contributed by atoms with Crippen LogP contribution in [0.25, 0.3) is 164 Å². The molecular formula is C103H82BClN6O2S2. The van der Waals surface area contributed by atoms with Crippen LogP contribution in [0.3, 0.4) is 0 Å². The predicted molar refractivity (Wildman–Crippen MR) is 483 cm³/mol. The molecule has 0 bridgehead atoms. The first-order valence-corrected chi connectivity index (χ1v) is 40.8. The van der Waals surface area contributed by atoms with E-state index in [1.807, 2.05) is 168 Å². The first-order valence-electron chi connectivity index (χ1n) is 38.7. The van der Waals surface area contributed by atoms with Gasteiger partial charge in [-0.3, -0.25) is 0 Å². The second-order valence-corrected chi connectivity index (χ2v) is 34.1. The number of rotatable bonds is 10. The highest BCUT2D eigenvalue weighted by molar-refractivity contribution is 7.27. The Bertz CT molecular complexity index is 6650. The van der Waals surface area contributed by atoms with Gasteiger partial charge in [0.2, 0.25) is 0 Å². The van der Waals surface area contributed by atoms with Gasteiger partial charge in [-0.15, -0.1) is 22.7 Å². The van der Waals surface area contributed by atoms with Crippen molar-refractivity contribution in [1.82, 2.24) is 29.9 Å². The highest BCUT2D eigenvalue weighted by atomic mass is 35.5. The lowest BCUT2D eigenvalue weighted by atomic mass is 9.78. The molecule has 8 nitrogen and oxygen atoms in total. The van der Waals surface area contributed by atoms with Gasteiger partial charge in [-0.1, -0.05) is 344 Å². The third-order valence-electron chi connectivity index (χ3n) is 23.3. The van der Waals surface area contributed by atoms with Crippen molar-refractivity contribution in [2.75, 3.05) is 0 Å². The van der Waals surface area contributed by atoms with Gasteiger partial charge in [0.1, 0.15) is 0 Å². The first-order chi connectivity index (χ1) is 55.4. The van der Waals surface area contributed by atoms with Gasteiger partial charge in [-0.05, 0) is 141 Å². The number of thiophene rings is 2. The third kappa shape index (κ3) is 13.4. The molecule has 1 aliphatic heterocycles. The second-order valence-electron chi connectivity index (χ2n) is 31.6. The molecule has 2 aliphatic carbocycles. The number of hydrogen-bond donors (Lipinski definition) is 0. The summed E-state index contributed by atoms with van der Waals surface area (Å²) in [5, 5.41) is 5.77. The van der Waals surface area contributed by atoms with E-state index in [0.717, 1.165) is 44.4 Å². The van der Waals surface area contributed by atoms with E-state index in [1.165, 1.54) is 113 Å². The maximum atomic E-state index is 6.46. The van der Waals surface area contributed by atoms with E-state index >= 15 is 0 Å². The summed E-state index contributed by atoms with van der Waals surface area (Å²) in [6, 6.07) is 115. The van der Waals surface area contributed by atoms with Gasteiger partial charge in [0, 0.05) is 89.7 Å². The van der Waals surface area contributed by atoms with E-state index in [4.69, 9.17) is 35.9 Å². The topological polar surface area (TPSA) is 95.8 Å². The highest BCUT2D eigenvalue weighted by Gasteiger charge is 2.52. The van der Waals surface area contributed by atoms with Crippen LogP contribution >= 0.6 is 34.3 Å². The van der Waals surface area contributed by atoms with Crippen LogP contribution < -0.4 is 5.46 Å². The third-order valence-corrected chi connectivity index (χ3v) is 26.1. The predicted octanol–water partition coefficient (Wildman–Crippen LogP) is 27.4. The average molecular weight is 1550 g/mol. The number of benzene rings is 14. The van der Waals surface area contributed by atoms with Crippen LogP contribution in [0.15, 0.2) is 328 Å². The minimum Gasteiger partial charge on any atom is -0.399 e. The van der Waals surface area contributed by atoms with Crippen molar-refractivity contribution in [3.63, 3.8) is 0 Å². The van der Waals surface area contributed by atoms with Gasteiger partial charge < -0.3 is 9.31 Å². The molecule has 18 aromatic rings. The molecule has 12 heteroatoms. The van der Waals surface area contributed by atoms with Crippen LogP contribution in [0.2, 0.25) is 5.02 Å². The molecule has 0 radical (unpaired) electrons. The van der Waals surface area contributed by atoms with Crippen molar-refractivity contribution in [2.45, 2.75) is 84.8 Å². The Labute approximate surface area is 685 Å². The fourth-order valence-electron chi connectivity index (χ4n) is 16.6. The zero-order chi connectivity index (χ0) is 77.6. The molecule has 558 valence electrons. The lowest BCUT2D eigenvalue weighted by Gasteiger charge is -2.32. The van der Waals surface area contributed by atoms with Gasteiger partial charge in [-0.25, -0.2) is 29.9 Å². The molecule has 5 heterocycles. The molecule has 1 fully saturated rings. The summed E-state index contributed by atoms with van der Waals surface area (Å²) in [4.78, 5) is 28.9. The molecule has 4 aromatic heterocycles. The number of nitrogens with zero attached hydrogens (tertiary/aromatic N) is 6. The molecule has 21 rings (SSSR count). The van der Waals surface area contributed by atoms with E-state index in [2.05, 4.69) is 252 Å². The van der Waals surface area contributed by atoms with Crippen LogP contribution in [0, 0.1) is 0 Å². The molecule has 3 aliphatic rings. The van der Waals surface area contributed by atoms with Crippen LogP contribution in [0.4, 0.5) is 0 Å². The highest BCUT2D eigenvalue weighted by Crippen LogP contribution is 2.53. The lowest BCUT2D eigenvalue weighted by molar-refractivity contribution is 0.00578. The zero-order valence-electron chi connectivity index (χ0n) is 64.4. The van der Waals surface area contributed by atoms with Gasteiger partial charge in [-0.2, -0.15) is 0 Å². The van der Waals surface area contributed by atoms with Crippen molar-refractivity contribution in [2.24, 2.45) is 0 Å². The summed E-state index contributed by atoms with van der Waals surface area (Å²) in [5.41, 5.74) is 24.4. The molecule has 0 atom stereocenters. The zero-order valence-corrected chi connectivity index (χ0v) is 66.8. The Morgan fingerprint density at radius 2 is 0.539 bits per heavy atom. The smallest absolute Gasteiger partial charge is 0.399 e. The number of fused-ring (bicyclic) bond motifs is 12. The Hall–Kier alpha value is -12.2. The summed E-state index contributed by atoms with van der Waals surface area (Å²) in [6.07, 6.45) is 0. The molecule has 115 heavy (non-hydrogen) atoms. The molecule has 0 saturated carbocycles. The molecule has 0 amide bonds. The van der Waals surface area contributed by atoms with E-state index in [1.54, 1.807) is 0 Å². The molecule has 0 unspecified atom stereocenters. The van der Waals surface area contributed by atoms with Crippen molar-refractivity contribution in [1.29, 1.82) is 0 Å². The summed E-state index contributed by atoms with van der Waals surface area (Å²) in [6.45, 7) is 17.9. The first kappa shape index (κ1) is 74.2. The molecule has 0 N–H and O–H groups in total. The Kier molecular flexibility index (Phi) is 19.1. The van der Waals surface area contributed by atoms with Crippen molar-refractivity contribution in [3.05, 3.63) is 355 Å². The van der Waals surface area contributed by atoms with Gasteiger partial charge in [0.05, 0.1) is 11.2 Å². The van der Waals surface area contributed by atoms with Crippen LogP contribution in [0.5, 0.6) is 0 Å². The Balaban J connectivity index is 0.000000127. The fraction of sp³-hybridized carbons (Fsp3) is 0.126. The van der Waals surface area contributed by atoms with E-state index in [9.17, 15) is 0 Å². The monoisotopic (exact) mass is 1540 g/mol. The fourth-order valence-corrected chi connectivity index (χ4v) is 19.5. The van der Waals surface area contributed by atoms with Crippen LogP contribution in [0.1, 0.15) is 85.1 Å². The SMILES string of the molecule is C.CC1(C)c2ccccc2-c2ccc(-c3cccc4c3sc3c(-c5cccc(-c6nc(-c7ccccc7)nc(-c7ccccc7)n6)c5)cccc34)cc21.CC1(C)c2ccccc2-c2ccc(-c3cccc4c3sc3c(B5OC(C)(C)C(C)(C)O5)cccc34)cc21.Clc1cccc(-c2nc(-c3ccccc3)nc(-c3ccccc3)n2)c1. The van der Waals surface area contributed by atoms with E-state index in [-0.39, 0.29) is 36.6 Å². The summed E-state index contributed by atoms with van der Waals surface area (Å²) in [7, 11) is -0.371. The van der Waals surface area contributed by atoms with Crippen molar-refractivity contribution >= 4 is 87.2 Å². The molecule has 0 spiro atoms. The minimum absolute atomic E-state index is 0. The Morgan fingerprint density at radius 3 is 0.939 bits per heavy atom. The molecule has 14 aromatic carbocycles. The lowest BCUT2D eigenvalue weighted by Crippen LogP contribution is -2.41.